The van der Waals surface area contributed by atoms with Crippen molar-refractivity contribution in [3.05, 3.63) is 53.1 Å². The summed E-state index contributed by atoms with van der Waals surface area (Å²) in [4.78, 5) is 11.6. The predicted molar refractivity (Wildman–Crippen MR) is 84.0 cm³/mol. The van der Waals surface area contributed by atoms with Gasteiger partial charge in [-0.1, -0.05) is 18.2 Å². The van der Waals surface area contributed by atoms with Crippen LogP contribution < -0.4 is 10.1 Å². The Morgan fingerprint density at radius 2 is 1.81 bits per heavy atom. The van der Waals surface area contributed by atoms with Crippen molar-refractivity contribution in [3.63, 3.8) is 0 Å². The molecular formula is C18H19NO2. The van der Waals surface area contributed by atoms with E-state index in [0.717, 1.165) is 46.7 Å². The van der Waals surface area contributed by atoms with E-state index in [1.54, 1.807) is 0 Å². The molecular weight excluding hydrogens is 262 g/mol. The molecule has 0 fully saturated rings. The van der Waals surface area contributed by atoms with E-state index in [1.807, 2.05) is 50.2 Å². The summed E-state index contributed by atoms with van der Waals surface area (Å²) in [7, 11) is 0. The zero-order chi connectivity index (χ0) is 14.8. The van der Waals surface area contributed by atoms with Crippen molar-refractivity contribution in [2.75, 3.05) is 5.32 Å². The fraction of sp³-hybridized carbons (Fsp3) is 0.278. The van der Waals surface area contributed by atoms with E-state index in [-0.39, 0.29) is 5.91 Å². The van der Waals surface area contributed by atoms with E-state index in [9.17, 15) is 4.79 Å². The number of carbonyl (C=O) groups excluding carboxylic acids is 1. The predicted octanol–water partition coefficient (Wildman–Crippen LogP) is 4.37. The molecule has 1 aliphatic rings. The summed E-state index contributed by atoms with van der Waals surface area (Å²) in [5.74, 6) is 1.83. The molecule has 1 N–H and O–H groups in total. The normalized spacial score (nSPS) is 14.1. The van der Waals surface area contributed by atoms with Crippen LogP contribution in [0.3, 0.4) is 0 Å². The van der Waals surface area contributed by atoms with Crippen LogP contribution in [0.2, 0.25) is 0 Å². The van der Waals surface area contributed by atoms with Gasteiger partial charge in [0.2, 0.25) is 5.91 Å². The van der Waals surface area contributed by atoms with Gasteiger partial charge in [0.15, 0.2) is 0 Å². The topological polar surface area (TPSA) is 38.3 Å². The summed E-state index contributed by atoms with van der Waals surface area (Å²) in [6, 6.07) is 12.0. The Bertz CT molecular complexity index is 671. The van der Waals surface area contributed by atoms with Crippen LogP contribution >= 0.6 is 0 Å². The van der Waals surface area contributed by atoms with E-state index in [0.29, 0.717) is 6.42 Å². The maximum atomic E-state index is 11.6. The molecule has 0 aliphatic carbocycles. The second-order valence-corrected chi connectivity index (χ2v) is 5.54. The summed E-state index contributed by atoms with van der Waals surface area (Å²) in [6.45, 7) is 4.10. The first-order valence-corrected chi connectivity index (χ1v) is 7.30. The summed E-state index contributed by atoms with van der Waals surface area (Å²) in [6.07, 6.45) is 2.37. The van der Waals surface area contributed by atoms with Gasteiger partial charge in [-0.15, -0.1) is 0 Å². The summed E-state index contributed by atoms with van der Waals surface area (Å²) >= 11 is 0. The average Bonchev–Trinajstić information content (AvgIpc) is 2.63. The number of rotatable bonds is 2. The van der Waals surface area contributed by atoms with Crippen LogP contribution in [0.1, 0.15) is 29.5 Å². The monoisotopic (exact) mass is 281 g/mol. The fourth-order valence-corrected chi connectivity index (χ4v) is 2.69. The number of carbonyl (C=O) groups is 1. The first-order chi connectivity index (χ1) is 10.1. The first kappa shape index (κ1) is 13.7. The van der Waals surface area contributed by atoms with Crippen molar-refractivity contribution in [1.82, 2.24) is 0 Å². The summed E-state index contributed by atoms with van der Waals surface area (Å²) in [5.41, 5.74) is 4.30. The molecule has 0 saturated carbocycles. The number of hydrogen-bond donors (Lipinski definition) is 1. The third-order valence-electron chi connectivity index (χ3n) is 3.83. The van der Waals surface area contributed by atoms with Gasteiger partial charge in [0.1, 0.15) is 11.5 Å². The minimum atomic E-state index is 0.0946. The number of hydrogen-bond acceptors (Lipinski definition) is 2. The first-order valence-electron chi connectivity index (χ1n) is 7.30. The van der Waals surface area contributed by atoms with Crippen LogP contribution in [0.15, 0.2) is 36.4 Å². The summed E-state index contributed by atoms with van der Waals surface area (Å²) in [5, 5.41) is 2.94. The van der Waals surface area contributed by atoms with E-state index in [2.05, 4.69) is 5.32 Å². The molecule has 0 atom stereocenters. The molecule has 3 nitrogen and oxygen atoms in total. The maximum absolute atomic E-state index is 11.6. The molecule has 21 heavy (non-hydrogen) atoms. The SMILES string of the molecule is Cc1cccc(C)c1Oc1ccc2c(c1)CCCC(=O)N2. The Balaban J connectivity index is 1.91. The van der Waals surface area contributed by atoms with Gasteiger partial charge in [-0.3, -0.25) is 4.79 Å². The number of ether oxygens (including phenoxy) is 1. The third-order valence-corrected chi connectivity index (χ3v) is 3.83. The zero-order valence-corrected chi connectivity index (χ0v) is 12.4. The van der Waals surface area contributed by atoms with Crippen LogP contribution in [-0.2, 0) is 11.2 Å². The molecule has 0 aromatic heterocycles. The van der Waals surface area contributed by atoms with Crippen molar-refractivity contribution in [2.24, 2.45) is 0 Å². The smallest absolute Gasteiger partial charge is 0.224 e. The van der Waals surface area contributed by atoms with Gasteiger partial charge >= 0.3 is 0 Å². The van der Waals surface area contributed by atoms with Crippen LogP contribution in [0.25, 0.3) is 0 Å². The highest BCUT2D eigenvalue weighted by Gasteiger charge is 2.14. The molecule has 3 heteroatoms. The molecule has 1 amide bonds. The molecule has 0 saturated heterocycles. The number of nitrogens with one attached hydrogen (secondary N) is 1. The molecule has 0 radical (unpaired) electrons. The molecule has 1 heterocycles. The molecule has 3 rings (SSSR count). The van der Waals surface area contributed by atoms with E-state index in [4.69, 9.17) is 4.74 Å². The van der Waals surface area contributed by atoms with Gasteiger partial charge in [-0.25, -0.2) is 0 Å². The molecule has 2 aromatic rings. The Labute approximate surface area is 124 Å². The van der Waals surface area contributed by atoms with Crippen LogP contribution in [0.4, 0.5) is 5.69 Å². The van der Waals surface area contributed by atoms with Gasteiger partial charge in [0, 0.05) is 12.1 Å². The second kappa shape index (κ2) is 5.60. The van der Waals surface area contributed by atoms with Crippen molar-refractivity contribution >= 4 is 11.6 Å². The quantitative estimate of drug-likeness (QED) is 0.887. The molecule has 1 aliphatic heterocycles. The number of benzene rings is 2. The Kier molecular flexibility index (Phi) is 3.65. The fourth-order valence-electron chi connectivity index (χ4n) is 2.69. The molecule has 0 spiro atoms. The Hall–Kier alpha value is -2.29. The molecule has 108 valence electrons. The van der Waals surface area contributed by atoms with Gasteiger partial charge in [-0.05, 0) is 61.6 Å². The lowest BCUT2D eigenvalue weighted by molar-refractivity contribution is -0.116. The van der Waals surface area contributed by atoms with Crippen molar-refractivity contribution < 1.29 is 9.53 Å². The highest BCUT2D eigenvalue weighted by Crippen LogP contribution is 2.32. The maximum Gasteiger partial charge on any atom is 0.224 e. The standard InChI is InChI=1S/C18H19NO2/c1-12-5-3-6-13(2)18(12)21-15-9-10-16-14(11-15)7-4-8-17(20)19-16/h3,5-6,9-11H,4,7-8H2,1-2H3,(H,19,20). The lowest BCUT2D eigenvalue weighted by Crippen LogP contribution is -2.09. The largest absolute Gasteiger partial charge is 0.457 e. The number of fused-ring (bicyclic) bond motifs is 1. The van der Waals surface area contributed by atoms with Crippen LogP contribution in [0.5, 0.6) is 11.5 Å². The number of aryl methyl sites for hydroxylation is 3. The number of amides is 1. The van der Waals surface area contributed by atoms with Crippen LogP contribution in [0, 0.1) is 13.8 Å². The van der Waals surface area contributed by atoms with Crippen molar-refractivity contribution in [2.45, 2.75) is 33.1 Å². The third kappa shape index (κ3) is 2.92. The molecule has 0 bridgehead atoms. The minimum absolute atomic E-state index is 0.0946. The zero-order valence-electron chi connectivity index (χ0n) is 12.4. The second-order valence-electron chi connectivity index (χ2n) is 5.54. The lowest BCUT2D eigenvalue weighted by atomic mass is 10.1. The van der Waals surface area contributed by atoms with Crippen molar-refractivity contribution in [1.29, 1.82) is 0 Å². The number of anilines is 1. The van der Waals surface area contributed by atoms with Gasteiger partial charge in [-0.2, -0.15) is 0 Å². The van der Waals surface area contributed by atoms with E-state index >= 15 is 0 Å². The minimum Gasteiger partial charge on any atom is -0.457 e. The summed E-state index contributed by atoms with van der Waals surface area (Å²) < 4.78 is 6.06. The Morgan fingerprint density at radius 3 is 2.57 bits per heavy atom. The lowest BCUT2D eigenvalue weighted by Gasteiger charge is -2.14. The molecule has 2 aromatic carbocycles. The van der Waals surface area contributed by atoms with E-state index in [1.165, 1.54) is 0 Å². The van der Waals surface area contributed by atoms with Crippen molar-refractivity contribution in [3.8, 4) is 11.5 Å². The Morgan fingerprint density at radius 1 is 1.05 bits per heavy atom. The van der Waals surface area contributed by atoms with Crippen LogP contribution in [-0.4, -0.2) is 5.91 Å². The highest BCUT2D eigenvalue weighted by atomic mass is 16.5. The number of para-hydroxylation sites is 1. The van der Waals surface area contributed by atoms with Gasteiger partial charge in [0.05, 0.1) is 0 Å². The average molecular weight is 281 g/mol. The van der Waals surface area contributed by atoms with Gasteiger partial charge in [0.25, 0.3) is 0 Å². The highest BCUT2D eigenvalue weighted by molar-refractivity contribution is 5.92. The van der Waals surface area contributed by atoms with E-state index < -0.39 is 0 Å². The molecule has 0 unspecified atom stereocenters. The van der Waals surface area contributed by atoms with Gasteiger partial charge < -0.3 is 10.1 Å².